The zero-order valence-electron chi connectivity index (χ0n) is 91.1. The van der Waals surface area contributed by atoms with Gasteiger partial charge < -0.3 is 28.7 Å². The number of nitrogens with zero attached hydrogens (tertiary/aromatic N) is 8. The highest BCUT2D eigenvalue weighted by atomic mass is 32.2. The molecule has 0 aliphatic heterocycles. The third kappa shape index (κ3) is 19.0. The Labute approximate surface area is 620 Å². The molecule has 1 unspecified atom stereocenters. The highest BCUT2D eigenvalue weighted by molar-refractivity contribution is 7.98. The zero-order valence-corrected chi connectivity index (χ0v) is 52.8. The first-order chi connectivity index (χ1) is 61.3. The van der Waals surface area contributed by atoms with Crippen LogP contribution in [-0.4, -0.2) is 102 Å². The molecule has 6 aromatic carbocycles. The molecule has 96 heavy (non-hydrogen) atoms. The molecule has 508 valence electrons. The van der Waals surface area contributed by atoms with E-state index < -0.39 is 312 Å². The molecule has 0 saturated carbocycles. The highest BCUT2D eigenvalue weighted by Gasteiger charge is 2.34. The van der Waals surface area contributed by atoms with Crippen molar-refractivity contribution in [2.45, 2.75) is 134 Å². The van der Waals surface area contributed by atoms with Crippen molar-refractivity contribution < 1.29 is 99.5 Å². The average Bonchev–Trinajstić information content (AvgIpc) is 1.51. The summed E-state index contributed by atoms with van der Waals surface area (Å²) in [5.74, 6) is -12.0. The molecule has 0 saturated heterocycles. The third-order valence-corrected chi connectivity index (χ3v) is 15.5. The number of likely N-dealkylation sites (N-methyl/N-ethyl adjacent to an activating group) is 2. The van der Waals surface area contributed by atoms with E-state index in [9.17, 15) is 55.7 Å². The number of benzene rings is 6. The van der Waals surface area contributed by atoms with Crippen molar-refractivity contribution in [2.75, 3.05) is 52.0 Å². The van der Waals surface area contributed by atoms with Crippen molar-refractivity contribution >= 4 is 35.3 Å². The standard InChI is InChI=1S/2C37H40F4N4O2S/c1-4-43(5-2)18-19-44(22-26-6-10-28(11-7-26)29-12-14-30(15-13-29)37(39,40)41)34(46)23-45-33-21-25(3)20-32(33)35(47)42-36(45)48-24-27-8-16-31(38)17-9-27;1-4-43(5-2)19-20-44(22-26-9-13-28(14-10-26)29-15-18-32(25(3)21-29)37(39,40)41)34(46)23-45-33-8-6-7-31(33)35(47)42-36(45)48-24-27-11-16-30(38)17-12-27/h6-17,25H,4-5,18-24H2,1-3H3;9-18,21H,4-8,19-20,22-24H2,1-3H3/i4D2,5D2,8D,9D,16D,17D,18D2,19D2,20D2,21D2,23D2,25D;4D2,5D2,9D,10D,11D,12D,13D,14D,15D,16D,17D,18D,19D2,20D2,21D,23D2. The first-order valence-electron chi connectivity index (χ1n) is 48.2. The fraction of sp³-hybridized carbons (Fsp3) is 0.378. The first kappa shape index (κ1) is 36.1. The average molecular weight is 1400 g/mol. The zero-order chi connectivity index (χ0) is 104. The summed E-state index contributed by atoms with van der Waals surface area (Å²) in [5.41, 5.74) is -12.8. The molecule has 0 fully saturated rings. The third-order valence-electron chi connectivity index (χ3n) is 13.5. The van der Waals surface area contributed by atoms with E-state index in [0.29, 0.717) is 50.9 Å². The van der Waals surface area contributed by atoms with Gasteiger partial charge >= 0.3 is 12.4 Å². The van der Waals surface area contributed by atoms with Gasteiger partial charge in [0.1, 0.15) is 24.6 Å². The lowest BCUT2D eigenvalue weighted by Crippen LogP contribution is -2.40. The van der Waals surface area contributed by atoms with Crippen LogP contribution in [0.4, 0.5) is 35.1 Å². The van der Waals surface area contributed by atoms with Crippen molar-refractivity contribution in [2.24, 2.45) is 5.89 Å². The molecule has 10 rings (SSSR count). The maximum atomic E-state index is 15.2. The van der Waals surface area contributed by atoms with Gasteiger partial charge in [0, 0.05) is 96.4 Å². The summed E-state index contributed by atoms with van der Waals surface area (Å²) < 4.78 is 457. The van der Waals surface area contributed by atoms with Gasteiger partial charge in [-0.2, -0.15) is 36.3 Å². The highest BCUT2D eigenvalue weighted by Crippen LogP contribution is 2.36. The fourth-order valence-corrected chi connectivity index (χ4v) is 10.6. The van der Waals surface area contributed by atoms with E-state index in [1.165, 1.54) is 24.3 Å². The Balaban J connectivity index is 0.000000305. The van der Waals surface area contributed by atoms with Crippen molar-refractivity contribution in [3.05, 3.63) is 233 Å². The number of aromatic nitrogens is 4. The molecule has 2 amide bonds. The van der Waals surface area contributed by atoms with Crippen molar-refractivity contribution in [3.63, 3.8) is 0 Å². The topological polar surface area (TPSA) is 117 Å². The van der Waals surface area contributed by atoms with Crippen LogP contribution in [0.1, 0.15) is 157 Å². The number of hydrogen-bond acceptors (Lipinski definition) is 10. The van der Waals surface area contributed by atoms with Crippen LogP contribution in [-0.2, 0) is 85.1 Å². The Bertz CT molecular complexity index is 6100. The smallest absolute Gasteiger partial charge is 0.336 e. The molecule has 8 aromatic rings. The maximum absolute atomic E-state index is 15.2. The normalized spacial score (nSPS) is 23.0. The Morgan fingerprint density at radius 1 is 0.573 bits per heavy atom. The molecular formula is C74H80F8N8O4S2. The van der Waals surface area contributed by atoms with Gasteiger partial charge in [-0.3, -0.25) is 19.2 Å². The second kappa shape index (κ2) is 32.9. The van der Waals surface area contributed by atoms with Gasteiger partial charge in [0.15, 0.2) is 10.3 Å². The van der Waals surface area contributed by atoms with Crippen LogP contribution >= 0.6 is 23.5 Å². The molecule has 0 spiro atoms. The summed E-state index contributed by atoms with van der Waals surface area (Å²) in [5, 5.41) is -1.80. The lowest BCUT2D eigenvalue weighted by molar-refractivity contribution is -0.138. The predicted octanol–water partition coefficient (Wildman–Crippen LogP) is 15.0. The van der Waals surface area contributed by atoms with Crippen LogP contribution in [0.15, 0.2) is 159 Å². The van der Waals surface area contributed by atoms with E-state index in [4.69, 9.17) is 43.9 Å². The minimum absolute atomic E-state index is 0.0106. The summed E-state index contributed by atoms with van der Waals surface area (Å²) in [4.78, 5) is 64.0. The number of halogens is 8. The number of fused-ring (bicyclic) bond motifs is 2. The van der Waals surface area contributed by atoms with Crippen LogP contribution in [0, 0.1) is 24.5 Å². The number of rotatable bonds is 26. The molecule has 2 heterocycles. The number of carbonyl (C=O) groups excluding carboxylic acids is 2. The Morgan fingerprint density at radius 3 is 1.52 bits per heavy atom. The summed E-state index contributed by atoms with van der Waals surface area (Å²) in [7, 11) is 0. The van der Waals surface area contributed by atoms with Gasteiger partial charge in [0.2, 0.25) is 11.8 Å². The van der Waals surface area contributed by atoms with Crippen LogP contribution in [0.3, 0.4) is 0 Å². The van der Waals surface area contributed by atoms with Gasteiger partial charge in [-0.25, -0.2) is 8.78 Å². The van der Waals surface area contributed by atoms with E-state index in [-0.39, 0.29) is 83.1 Å². The minimum Gasteiger partial charge on any atom is -0.336 e. The second-order valence-corrected chi connectivity index (χ2v) is 21.9. The van der Waals surface area contributed by atoms with E-state index in [0.717, 1.165) is 31.2 Å². The van der Waals surface area contributed by atoms with Crippen molar-refractivity contribution in [1.29, 1.82) is 0 Å². The molecule has 1 atom stereocenters. The number of thioether (sulfide) groups is 2. The van der Waals surface area contributed by atoms with Crippen molar-refractivity contribution in [1.82, 2.24) is 38.7 Å². The van der Waals surface area contributed by atoms with Gasteiger partial charge in [0.25, 0.3) is 11.1 Å². The monoisotopic (exact) mass is 1400 g/mol. The SMILES string of the molecule is [2H]c1c([2H])c(CSc2nc(=O)c3c(n2C([2H])([2H])C(=O)N(Cc2c([2H])c([2H])c(-c4c([2H])c([2H])c(C(F)(F)F)c(C)c4[2H])c([2H])c2[2H])C([2H])([2H])C([2H])([2H])N(C([2H])([2H])C)C([2H])([2H])C)CCC3)c([2H])c([2H])c1F.[2H]c1c([2H])c(CSc2nc(=O)c3c(n2C([2H])([2H])C(=O)N(Cc2ccc(-c4ccc(C(F)(F)F)cc4)cc2)C([2H])([2H])C([2H])([2H])N(C([2H])([2H])C)C([2H])([2H])C)C([2H])([2H])C([2H])(C)C3([2H])[2H])c([2H])c([2H])c1F. The Morgan fingerprint density at radius 2 is 1.03 bits per heavy atom. The van der Waals surface area contributed by atoms with Gasteiger partial charge in [-0.05, 0) is 163 Å². The van der Waals surface area contributed by atoms with E-state index >= 15 is 9.59 Å². The van der Waals surface area contributed by atoms with Crippen LogP contribution in [0.25, 0.3) is 22.3 Å². The maximum Gasteiger partial charge on any atom is 0.416 e. The van der Waals surface area contributed by atoms with Gasteiger partial charge in [-0.15, -0.1) is 0 Å². The molecule has 0 bridgehead atoms. The number of alkyl halides is 6. The van der Waals surface area contributed by atoms with Gasteiger partial charge in [-0.1, -0.05) is 155 Å². The van der Waals surface area contributed by atoms with E-state index in [1.807, 2.05) is 0 Å². The Kier molecular flexibility index (Phi) is 12.4. The lowest BCUT2D eigenvalue weighted by atomic mass is 9.98. The predicted molar refractivity (Wildman–Crippen MR) is 362 cm³/mol. The number of amides is 2. The molecule has 0 N–H and O–H groups in total. The number of carbonyl (C=O) groups is 2. The first-order valence-corrected chi connectivity index (χ1v) is 30.2. The summed E-state index contributed by atoms with van der Waals surface area (Å²) in [6, 6.07) is -8.20. The van der Waals surface area contributed by atoms with Crippen LogP contribution in [0.2, 0.25) is 0 Å². The second-order valence-electron chi connectivity index (χ2n) is 20.0. The van der Waals surface area contributed by atoms with Crippen molar-refractivity contribution in [3.8, 4) is 22.3 Å². The molecule has 12 nitrogen and oxygen atoms in total. The molecule has 2 aliphatic rings. The van der Waals surface area contributed by atoms with Crippen LogP contribution in [0.5, 0.6) is 0 Å². The molecule has 0 radical (unpaired) electrons. The lowest BCUT2D eigenvalue weighted by Gasteiger charge is -2.28. The molecule has 22 heteroatoms. The van der Waals surface area contributed by atoms with Gasteiger partial charge in [0.05, 0.1) is 42.7 Å². The molecule has 2 aliphatic carbocycles. The largest absolute Gasteiger partial charge is 0.416 e. The fourth-order valence-electron chi connectivity index (χ4n) is 8.88. The van der Waals surface area contributed by atoms with E-state index in [1.54, 1.807) is 0 Å². The summed E-state index contributed by atoms with van der Waals surface area (Å²) in [6.07, 6.45) is -16.7. The molecular weight excluding hydrogens is 1280 g/mol. The quantitative estimate of drug-likeness (QED) is 0.0295. The van der Waals surface area contributed by atoms with Crippen LogP contribution < -0.4 is 11.1 Å². The number of hydrogen-bond donors (Lipinski definition) is 0. The minimum atomic E-state index is -5.25. The molecule has 2 aromatic heterocycles. The Hall–Kier alpha value is -7.92. The summed E-state index contributed by atoms with van der Waals surface area (Å²) >= 11 is 0.495. The summed E-state index contributed by atoms with van der Waals surface area (Å²) in [6.45, 7) is -35.5. The van der Waals surface area contributed by atoms with E-state index in [2.05, 4.69) is 9.97 Å².